The number of carbonyl (C=O) groups excluding carboxylic acids is 1. The van der Waals surface area contributed by atoms with Crippen LogP contribution < -0.4 is 5.32 Å². The predicted molar refractivity (Wildman–Crippen MR) is 82.1 cm³/mol. The molecule has 1 N–H and O–H groups in total. The molecule has 1 aliphatic carbocycles. The van der Waals surface area contributed by atoms with Gasteiger partial charge in [0.25, 0.3) is 0 Å². The van der Waals surface area contributed by atoms with E-state index in [0.717, 1.165) is 16.7 Å². The minimum atomic E-state index is -0.201. The van der Waals surface area contributed by atoms with E-state index in [2.05, 4.69) is 17.2 Å². The molecular weight excluding hydrogens is 272 g/mol. The van der Waals surface area contributed by atoms with Crippen LogP contribution in [0.5, 0.6) is 0 Å². The average Bonchev–Trinajstić information content (AvgIpc) is 2.86. The third kappa shape index (κ3) is 4.47. The Labute approximate surface area is 124 Å². The maximum atomic E-state index is 11.4. The van der Waals surface area contributed by atoms with Gasteiger partial charge in [-0.1, -0.05) is 26.2 Å². The lowest BCUT2D eigenvalue weighted by atomic mass is 9.84. The van der Waals surface area contributed by atoms with Gasteiger partial charge in [-0.05, 0) is 25.7 Å². The van der Waals surface area contributed by atoms with Gasteiger partial charge in [0.15, 0.2) is 5.13 Å². The Bertz CT molecular complexity index is 433. The summed E-state index contributed by atoms with van der Waals surface area (Å²) < 4.78 is 4.94. The van der Waals surface area contributed by atoms with E-state index in [0.29, 0.717) is 12.6 Å². The van der Waals surface area contributed by atoms with Crippen molar-refractivity contribution in [3.63, 3.8) is 0 Å². The van der Waals surface area contributed by atoms with Crippen LogP contribution >= 0.6 is 11.3 Å². The fourth-order valence-corrected chi connectivity index (χ4v) is 3.57. The second-order valence-electron chi connectivity index (χ2n) is 5.41. The van der Waals surface area contributed by atoms with Crippen LogP contribution in [0.1, 0.15) is 51.6 Å². The summed E-state index contributed by atoms with van der Waals surface area (Å²) in [7, 11) is 0. The molecule has 2 atom stereocenters. The molecule has 5 heteroatoms. The first kappa shape index (κ1) is 15.3. The van der Waals surface area contributed by atoms with Crippen LogP contribution in [0.3, 0.4) is 0 Å². The fraction of sp³-hybridized carbons (Fsp3) is 0.733. The molecule has 2 unspecified atom stereocenters. The molecule has 0 saturated heterocycles. The smallest absolute Gasteiger partial charge is 0.311 e. The zero-order chi connectivity index (χ0) is 14.4. The van der Waals surface area contributed by atoms with E-state index in [4.69, 9.17) is 4.74 Å². The van der Waals surface area contributed by atoms with E-state index in [9.17, 15) is 4.79 Å². The van der Waals surface area contributed by atoms with Crippen molar-refractivity contribution in [3.8, 4) is 0 Å². The lowest BCUT2D eigenvalue weighted by Gasteiger charge is -2.28. The van der Waals surface area contributed by atoms with Crippen LogP contribution in [0.2, 0.25) is 0 Å². The molecule has 0 amide bonds. The first-order valence-corrected chi connectivity index (χ1v) is 8.45. The summed E-state index contributed by atoms with van der Waals surface area (Å²) in [5.41, 5.74) is 0.804. The van der Waals surface area contributed by atoms with Crippen molar-refractivity contribution < 1.29 is 9.53 Å². The summed E-state index contributed by atoms with van der Waals surface area (Å²) in [5.74, 6) is 0.647. The lowest BCUT2D eigenvalue weighted by molar-refractivity contribution is -0.142. The number of hydrogen-bond acceptors (Lipinski definition) is 5. The molecule has 2 rings (SSSR count). The van der Waals surface area contributed by atoms with Gasteiger partial charge in [0.2, 0.25) is 0 Å². The van der Waals surface area contributed by atoms with E-state index in [1.807, 2.05) is 12.3 Å². The molecule has 4 nitrogen and oxygen atoms in total. The Hall–Kier alpha value is -1.10. The van der Waals surface area contributed by atoms with Gasteiger partial charge in [0.05, 0.1) is 18.7 Å². The maximum absolute atomic E-state index is 11.4. The number of rotatable bonds is 6. The topological polar surface area (TPSA) is 51.2 Å². The van der Waals surface area contributed by atoms with Gasteiger partial charge in [0.1, 0.15) is 0 Å². The SMILES string of the molecule is CCOC(=O)Cc1csc(NC2CCCC(CC)C2)n1. The van der Waals surface area contributed by atoms with E-state index >= 15 is 0 Å². The van der Waals surface area contributed by atoms with E-state index in [1.165, 1.54) is 32.1 Å². The van der Waals surface area contributed by atoms with Crippen LogP contribution in [0.4, 0.5) is 5.13 Å². The number of esters is 1. The molecule has 0 bridgehead atoms. The number of aromatic nitrogens is 1. The Morgan fingerprint density at radius 3 is 3.10 bits per heavy atom. The first-order chi connectivity index (χ1) is 9.71. The molecular formula is C15H24N2O2S. The fourth-order valence-electron chi connectivity index (χ4n) is 2.78. The van der Waals surface area contributed by atoms with E-state index in [1.54, 1.807) is 11.3 Å². The Morgan fingerprint density at radius 1 is 1.50 bits per heavy atom. The molecule has 1 aromatic heterocycles. The molecule has 1 heterocycles. The van der Waals surface area contributed by atoms with E-state index in [-0.39, 0.29) is 12.4 Å². The highest BCUT2D eigenvalue weighted by Gasteiger charge is 2.21. The predicted octanol–water partition coefficient (Wildman–Crippen LogP) is 3.63. The maximum Gasteiger partial charge on any atom is 0.311 e. The van der Waals surface area contributed by atoms with Gasteiger partial charge < -0.3 is 10.1 Å². The third-order valence-electron chi connectivity index (χ3n) is 3.87. The molecule has 20 heavy (non-hydrogen) atoms. The van der Waals surface area contributed by atoms with E-state index < -0.39 is 0 Å². The van der Waals surface area contributed by atoms with Crippen molar-refractivity contribution in [1.82, 2.24) is 4.98 Å². The van der Waals surface area contributed by atoms with Crippen molar-refractivity contribution in [2.75, 3.05) is 11.9 Å². The number of thiazole rings is 1. The molecule has 0 spiro atoms. The average molecular weight is 296 g/mol. The molecule has 112 valence electrons. The van der Waals surface area contributed by atoms with Crippen molar-refractivity contribution in [1.29, 1.82) is 0 Å². The molecule has 1 saturated carbocycles. The van der Waals surface area contributed by atoms with Gasteiger partial charge in [-0.25, -0.2) is 4.98 Å². The molecule has 0 radical (unpaired) electrons. The Morgan fingerprint density at radius 2 is 2.35 bits per heavy atom. The highest BCUT2D eigenvalue weighted by molar-refractivity contribution is 7.13. The largest absolute Gasteiger partial charge is 0.466 e. The summed E-state index contributed by atoms with van der Waals surface area (Å²) in [6, 6.07) is 0.537. The lowest BCUT2D eigenvalue weighted by Crippen LogP contribution is -2.27. The monoisotopic (exact) mass is 296 g/mol. The van der Waals surface area contributed by atoms with Crippen LogP contribution in [0.15, 0.2) is 5.38 Å². The number of nitrogens with one attached hydrogen (secondary N) is 1. The quantitative estimate of drug-likeness (QED) is 0.814. The molecule has 0 aromatic carbocycles. The summed E-state index contributed by atoms with van der Waals surface area (Å²) in [4.78, 5) is 15.9. The minimum absolute atomic E-state index is 0.201. The summed E-state index contributed by atoms with van der Waals surface area (Å²) in [6.07, 6.45) is 6.67. The van der Waals surface area contributed by atoms with Gasteiger partial charge in [-0.15, -0.1) is 11.3 Å². The molecule has 1 fully saturated rings. The number of carbonyl (C=O) groups is 1. The van der Waals surface area contributed by atoms with Crippen LogP contribution in [-0.4, -0.2) is 23.6 Å². The number of nitrogens with zero attached hydrogens (tertiary/aromatic N) is 1. The van der Waals surface area contributed by atoms with Crippen molar-refractivity contribution in [2.45, 2.75) is 58.4 Å². The molecule has 1 aliphatic rings. The number of anilines is 1. The van der Waals surface area contributed by atoms with Crippen LogP contribution in [0, 0.1) is 5.92 Å². The van der Waals surface area contributed by atoms with Crippen molar-refractivity contribution in [3.05, 3.63) is 11.1 Å². The van der Waals surface area contributed by atoms with Gasteiger partial charge in [-0.2, -0.15) is 0 Å². The Kier molecular flexibility index (Phi) is 5.83. The van der Waals surface area contributed by atoms with Crippen molar-refractivity contribution >= 4 is 22.4 Å². The second kappa shape index (κ2) is 7.62. The Balaban J connectivity index is 1.84. The highest BCUT2D eigenvalue weighted by Crippen LogP contribution is 2.29. The number of ether oxygens (including phenoxy) is 1. The normalized spacial score (nSPS) is 22.5. The minimum Gasteiger partial charge on any atom is -0.466 e. The summed E-state index contributed by atoms with van der Waals surface area (Å²) in [6.45, 7) is 4.52. The molecule has 1 aromatic rings. The third-order valence-corrected chi connectivity index (χ3v) is 4.69. The summed E-state index contributed by atoms with van der Waals surface area (Å²) in [5, 5.41) is 6.41. The molecule has 0 aliphatic heterocycles. The van der Waals surface area contributed by atoms with Gasteiger partial charge >= 0.3 is 5.97 Å². The van der Waals surface area contributed by atoms with Crippen LogP contribution in [-0.2, 0) is 16.0 Å². The zero-order valence-electron chi connectivity index (χ0n) is 12.4. The second-order valence-corrected chi connectivity index (χ2v) is 6.27. The van der Waals surface area contributed by atoms with Crippen molar-refractivity contribution in [2.24, 2.45) is 5.92 Å². The number of hydrogen-bond donors (Lipinski definition) is 1. The highest BCUT2D eigenvalue weighted by atomic mass is 32.1. The van der Waals surface area contributed by atoms with Gasteiger partial charge in [-0.3, -0.25) is 4.79 Å². The van der Waals surface area contributed by atoms with Crippen LogP contribution in [0.25, 0.3) is 0 Å². The van der Waals surface area contributed by atoms with Gasteiger partial charge in [0, 0.05) is 11.4 Å². The summed E-state index contributed by atoms with van der Waals surface area (Å²) >= 11 is 1.58. The zero-order valence-corrected chi connectivity index (χ0v) is 13.2. The standard InChI is InChI=1S/C15H24N2O2S/c1-3-11-6-5-7-12(8-11)16-15-17-13(10-20-15)9-14(18)19-4-2/h10-12H,3-9H2,1-2H3,(H,16,17). The first-order valence-electron chi connectivity index (χ1n) is 7.57.